The molecule has 2 atom stereocenters. The van der Waals surface area contributed by atoms with Crippen LogP contribution >= 0.6 is 0 Å². The largest absolute Gasteiger partial charge is 0.435 e. The Morgan fingerprint density at radius 3 is 2.74 bits per heavy atom. The number of hydrogen-bond acceptors (Lipinski definition) is 4. The van der Waals surface area contributed by atoms with Crippen molar-refractivity contribution in [3.63, 3.8) is 0 Å². The van der Waals surface area contributed by atoms with E-state index in [0.717, 1.165) is 18.9 Å². The second kappa shape index (κ2) is 7.11. The van der Waals surface area contributed by atoms with E-state index < -0.39 is 11.9 Å². The summed E-state index contributed by atoms with van der Waals surface area (Å²) in [5, 5.41) is 6.49. The fourth-order valence-corrected chi connectivity index (χ4v) is 5.67. The van der Waals surface area contributed by atoms with Crippen LogP contribution in [0.2, 0.25) is 0 Å². The number of carbonyl (C=O) groups is 2. The first-order chi connectivity index (χ1) is 14.6. The fraction of sp³-hybridized carbons (Fsp3) is 0.750. The van der Waals surface area contributed by atoms with Crippen molar-refractivity contribution in [2.24, 2.45) is 18.4 Å². The lowest BCUT2D eigenvalue weighted by molar-refractivity contribution is -0.141. The smallest absolute Gasteiger partial charge is 0.366 e. The van der Waals surface area contributed by atoms with Crippen molar-refractivity contribution in [2.45, 2.75) is 44.0 Å². The van der Waals surface area contributed by atoms with Gasteiger partial charge in [-0.2, -0.15) is 18.3 Å². The van der Waals surface area contributed by atoms with E-state index in [1.165, 1.54) is 4.68 Å². The van der Waals surface area contributed by atoms with Crippen LogP contribution in [-0.4, -0.2) is 76.5 Å². The first-order valence-electron chi connectivity index (χ1n) is 10.7. The van der Waals surface area contributed by atoms with Gasteiger partial charge in [-0.25, -0.2) is 4.79 Å². The first-order valence-corrected chi connectivity index (χ1v) is 10.7. The Balaban J connectivity index is 1.10. The molecular formula is C20H26F3N5O3. The van der Waals surface area contributed by atoms with Crippen molar-refractivity contribution in [2.75, 3.05) is 32.8 Å². The molecule has 8 nitrogen and oxygen atoms in total. The molecule has 5 rings (SSSR count). The summed E-state index contributed by atoms with van der Waals surface area (Å²) in [6.07, 6.45) is -1.34. The highest BCUT2D eigenvalue weighted by atomic mass is 19.4. The summed E-state index contributed by atoms with van der Waals surface area (Å²) in [5.74, 6) is 0.175. The number of alkyl halides is 3. The molecule has 170 valence electrons. The number of piperidine rings is 1. The van der Waals surface area contributed by atoms with E-state index in [4.69, 9.17) is 4.74 Å². The van der Waals surface area contributed by atoms with E-state index >= 15 is 0 Å². The predicted molar refractivity (Wildman–Crippen MR) is 102 cm³/mol. The molecule has 1 spiro atoms. The Kier molecular flexibility index (Phi) is 4.72. The summed E-state index contributed by atoms with van der Waals surface area (Å²) < 4.78 is 45.4. The summed E-state index contributed by atoms with van der Waals surface area (Å²) in [6, 6.07) is 0.982. The number of carbonyl (C=O) groups excluding carboxylic acids is 2. The molecule has 1 aromatic rings. The quantitative estimate of drug-likeness (QED) is 0.753. The van der Waals surface area contributed by atoms with Crippen LogP contribution in [0, 0.1) is 11.3 Å². The number of nitrogens with zero attached hydrogens (tertiary/aromatic N) is 4. The molecular weight excluding hydrogens is 415 g/mol. The normalized spacial score (nSPS) is 28.1. The molecule has 1 aromatic heterocycles. The zero-order chi connectivity index (χ0) is 22.0. The minimum Gasteiger partial charge on any atom is -0.366 e. The lowest BCUT2D eigenvalue weighted by Gasteiger charge is -2.60. The fourth-order valence-electron chi connectivity index (χ4n) is 5.67. The number of aromatic nitrogens is 2. The summed E-state index contributed by atoms with van der Waals surface area (Å²) in [7, 11) is 1.55. The van der Waals surface area contributed by atoms with Crippen LogP contribution in [0.1, 0.15) is 30.7 Å². The second-order valence-corrected chi connectivity index (χ2v) is 9.52. The zero-order valence-corrected chi connectivity index (χ0v) is 17.3. The van der Waals surface area contributed by atoms with Gasteiger partial charge in [0.25, 0.3) is 0 Å². The lowest BCUT2D eigenvalue weighted by Crippen LogP contribution is -2.68. The van der Waals surface area contributed by atoms with Gasteiger partial charge in [0.15, 0.2) is 5.69 Å². The topological polar surface area (TPSA) is 79.7 Å². The highest BCUT2D eigenvalue weighted by Crippen LogP contribution is 2.53. The number of halogens is 3. The maximum atomic E-state index is 12.9. The summed E-state index contributed by atoms with van der Waals surface area (Å²) >= 11 is 0. The molecule has 4 aliphatic rings. The van der Waals surface area contributed by atoms with Gasteiger partial charge in [0.2, 0.25) is 5.91 Å². The number of ether oxygens (including phenoxy) is 1. The molecule has 4 fully saturated rings. The molecule has 3 amide bonds. The van der Waals surface area contributed by atoms with E-state index in [0.29, 0.717) is 50.6 Å². The Hall–Kier alpha value is -2.30. The van der Waals surface area contributed by atoms with Gasteiger partial charge < -0.3 is 19.9 Å². The molecule has 4 heterocycles. The average molecular weight is 441 g/mol. The van der Waals surface area contributed by atoms with Crippen LogP contribution in [0.15, 0.2) is 6.07 Å². The highest BCUT2D eigenvalue weighted by Gasteiger charge is 2.54. The molecule has 31 heavy (non-hydrogen) atoms. The number of amides is 3. The molecule has 0 aromatic carbocycles. The molecule has 0 bridgehead atoms. The summed E-state index contributed by atoms with van der Waals surface area (Å²) in [6.45, 7) is 2.54. The number of aryl methyl sites for hydroxylation is 1. The van der Waals surface area contributed by atoms with E-state index in [9.17, 15) is 22.8 Å². The summed E-state index contributed by atoms with van der Waals surface area (Å²) in [5.41, 5.74) is -0.145. The van der Waals surface area contributed by atoms with Gasteiger partial charge >= 0.3 is 12.2 Å². The number of rotatable bonds is 2. The Morgan fingerprint density at radius 1 is 1.32 bits per heavy atom. The Labute approximate surface area is 177 Å². The van der Waals surface area contributed by atoms with Gasteiger partial charge in [-0.1, -0.05) is 0 Å². The first kappa shape index (κ1) is 20.6. The number of hydrogen-bond donors (Lipinski definition) is 1. The minimum atomic E-state index is -4.42. The van der Waals surface area contributed by atoms with Crippen LogP contribution in [0.25, 0.3) is 0 Å². The van der Waals surface area contributed by atoms with Crippen molar-refractivity contribution in [3.05, 3.63) is 17.5 Å². The maximum Gasteiger partial charge on any atom is 0.435 e. The van der Waals surface area contributed by atoms with Crippen LogP contribution < -0.4 is 5.32 Å². The Bertz CT molecular complexity index is 887. The van der Waals surface area contributed by atoms with Gasteiger partial charge in [-0.05, 0) is 37.7 Å². The second-order valence-electron chi connectivity index (χ2n) is 9.52. The van der Waals surface area contributed by atoms with Gasteiger partial charge in [-0.15, -0.1) is 0 Å². The number of morpholine rings is 1. The van der Waals surface area contributed by atoms with Crippen LogP contribution in [0.4, 0.5) is 18.0 Å². The van der Waals surface area contributed by atoms with Crippen molar-refractivity contribution in [1.29, 1.82) is 0 Å². The third kappa shape index (κ3) is 3.77. The summed E-state index contributed by atoms with van der Waals surface area (Å²) in [4.78, 5) is 28.0. The van der Waals surface area contributed by atoms with Gasteiger partial charge in [0.05, 0.1) is 12.1 Å². The van der Waals surface area contributed by atoms with Crippen molar-refractivity contribution >= 4 is 11.9 Å². The van der Waals surface area contributed by atoms with Crippen LogP contribution in [0.3, 0.4) is 0 Å². The van der Waals surface area contributed by atoms with Gasteiger partial charge in [0.1, 0.15) is 6.61 Å². The van der Waals surface area contributed by atoms with Crippen LogP contribution in [0.5, 0.6) is 0 Å². The maximum absolute atomic E-state index is 12.9. The van der Waals surface area contributed by atoms with Crippen LogP contribution in [-0.2, 0) is 29.2 Å². The van der Waals surface area contributed by atoms with E-state index in [1.807, 2.05) is 4.90 Å². The molecule has 1 saturated carbocycles. The standard InChI is InChI=1S/C20H26F3N5O3/c1-26-13(5-16(25-26)20(21,22)23)4-12-6-19(7-12)10-28(11-19)18(30)27-3-2-15-14(8-27)24-17(29)9-31-15/h5,12,14-15H,2-4,6-11H2,1H3,(H,24,29)/t14-,15+/m1/s1. The minimum absolute atomic E-state index is 0.00574. The molecule has 1 aliphatic carbocycles. The van der Waals surface area contributed by atoms with Crippen molar-refractivity contribution < 1.29 is 27.5 Å². The molecule has 3 aliphatic heterocycles. The average Bonchev–Trinajstić information content (AvgIpc) is 3.02. The number of nitrogens with one attached hydrogen (secondary N) is 1. The molecule has 3 saturated heterocycles. The van der Waals surface area contributed by atoms with E-state index in [2.05, 4.69) is 10.4 Å². The van der Waals surface area contributed by atoms with Gasteiger partial charge in [-0.3, -0.25) is 9.48 Å². The number of likely N-dealkylation sites (tertiary alicyclic amines) is 2. The monoisotopic (exact) mass is 441 g/mol. The van der Waals surface area contributed by atoms with Gasteiger partial charge in [0, 0.05) is 44.3 Å². The Morgan fingerprint density at radius 2 is 2.06 bits per heavy atom. The van der Waals surface area contributed by atoms with Crippen molar-refractivity contribution in [3.8, 4) is 0 Å². The third-order valence-corrected chi connectivity index (χ3v) is 7.13. The third-order valence-electron chi connectivity index (χ3n) is 7.13. The highest BCUT2D eigenvalue weighted by molar-refractivity contribution is 5.79. The SMILES string of the molecule is Cn1nc(C(F)(F)F)cc1CC1CC2(C1)CN(C(=O)N1CC[C@@H]3OCC(=O)N[C@@H]3C1)C2. The number of urea groups is 1. The lowest BCUT2D eigenvalue weighted by atomic mass is 9.57. The molecule has 1 N–H and O–H groups in total. The van der Waals surface area contributed by atoms with E-state index in [-0.39, 0.29) is 36.1 Å². The zero-order valence-electron chi connectivity index (χ0n) is 17.3. The predicted octanol–water partition coefficient (Wildman–Crippen LogP) is 1.40. The molecule has 0 radical (unpaired) electrons. The molecule has 11 heteroatoms. The van der Waals surface area contributed by atoms with Crippen molar-refractivity contribution in [1.82, 2.24) is 24.9 Å². The number of fused-ring (bicyclic) bond motifs is 1. The molecule has 0 unspecified atom stereocenters. The van der Waals surface area contributed by atoms with E-state index in [1.54, 1.807) is 11.9 Å².